The highest BCUT2D eigenvalue weighted by Crippen LogP contribution is 2.32. The SMILES string of the molecule is CCCCCCCCCC[SiH](OC(C)OC)C(C)(C)C. The van der Waals surface area contributed by atoms with Crippen LogP contribution in [0.1, 0.15) is 86.0 Å². The second kappa shape index (κ2) is 11.8. The monoisotopic (exact) mass is 302 g/mol. The van der Waals surface area contributed by atoms with Gasteiger partial charge in [0.2, 0.25) is 0 Å². The fraction of sp³-hybridized carbons (Fsp3) is 1.00. The van der Waals surface area contributed by atoms with Gasteiger partial charge in [-0.25, -0.2) is 0 Å². The quantitative estimate of drug-likeness (QED) is 0.263. The summed E-state index contributed by atoms with van der Waals surface area (Å²) in [7, 11) is 0.539. The van der Waals surface area contributed by atoms with Crippen LogP contribution in [-0.4, -0.2) is 22.4 Å². The van der Waals surface area contributed by atoms with Crippen LogP contribution in [0.15, 0.2) is 0 Å². The van der Waals surface area contributed by atoms with E-state index in [4.69, 9.17) is 9.16 Å². The second-order valence-electron chi connectivity index (χ2n) is 7.06. The molecule has 2 atom stereocenters. The van der Waals surface area contributed by atoms with Crippen LogP contribution in [0.2, 0.25) is 11.1 Å². The van der Waals surface area contributed by atoms with E-state index in [0.717, 1.165) is 0 Å². The molecule has 0 aliphatic rings. The van der Waals surface area contributed by atoms with E-state index in [1.54, 1.807) is 7.11 Å². The first-order valence-corrected chi connectivity index (χ1v) is 10.5. The van der Waals surface area contributed by atoms with Crippen LogP contribution in [0.5, 0.6) is 0 Å². The Labute approximate surface area is 129 Å². The van der Waals surface area contributed by atoms with Crippen LogP contribution >= 0.6 is 0 Å². The van der Waals surface area contributed by atoms with Gasteiger partial charge in [-0.2, -0.15) is 0 Å². The third-order valence-corrected chi connectivity index (χ3v) is 7.55. The number of hydrogen-bond donors (Lipinski definition) is 0. The van der Waals surface area contributed by atoms with Gasteiger partial charge in [0.15, 0.2) is 9.04 Å². The van der Waals surface area contributed by atoms with E-state index in [9.17, 15) is 0 Å². The van der Waals surface area contributed by atoms with Crippen molar-refractivity contribution in [3.63, 3.8) is 0 Å². The van der Waals surface area contributed by atoms with E-state index < -0.39 is 9.04 Å². The van der Waals surface area contributed by atoms with Gasteiger partial charge in [-0.15, -0.1) is 0 Å². The summed E-state index contributed by atoms with van der Waals surface area (Å²) in [6.45, 7) is 11.2. The van der Waals surface area contributed by atoms with E-state index in [1.165, 1.54) is 57.4 Å². The van der Waals surface area contributed by atoms with Crippen molar-refractivity contribution >= 4 is 9.04 Å². The summed E-state index contributed by atoms with van der Waals surface area (Å²) in [5, 5.41) is 0.327. The number of unbranched alkanes of at least 4 members (excludes halogenated alkanes) is 7. The summed E-state index contributed by atoms with van der Waals surface area (Å²) in [6.07, 6.45) is 11.1. The minimum atomic E-state index is -1.19. The third-order valence-electron chi connectivity index (χ3n) is 3.97. The summed E-state index contributed by atoms with van der Waals surface area (Å²) in [4.78, 5) is 0. The van der Waals surface area contributed by atoms with Crippen molar-refractivity contribution in [2.45, 2.75) is 103 Å². The van der Waals surface area contributed by atoms with Crippen molar-refractivity contribution in [3.8, 4) is 0 Å². The molecule has 0 aliphatic heterocycles. The Morgan fingerprint density at radius 2 is 1.40 bits per heavy atom. The molecular weight excluding hydrogens is 264 g/mol. The molecular formula is C17H38O2Si. The van der Waals surface area contributed by atoms with Crippen LogP contribution < -0.4 is 0 Å². The summed E-state index contributed by atoms with van der Waals surface area (Å²) in [6, 6.07) is 1.28. The number of rotatable bonds is 12. The van der Waals surface area contributed by atoms with Gasteiger partial charge in [0.1, 0.15) is 6.29 Å². The van der Waals surface area contributed by atoms with Crippen molar-refractivity contribution in [1.29, 1.82) is 0 Å². The van der Waals surface area contributed by atoms with Crippen LogP contribution in [0.4, 0.5) is 0 Å². The van der Waals surface area contributed by atoms with Crippen molar-refractivity contribution < 1.29 is 9.16 Å². The Morgan fingerprint density at radius 3 is 1.85 bits per heavy atom. The highest BCUT2D eigenvalue weighted by molar-refractivity contribution is 6.55. The molecule has 0 aromatic heterocycles. The molecule has 20 heavy (non-hydrogen) atoms. The van der Waals surface area contributed by atoms with Gasteiger partial charge in [0.25, 0.3) is 0 Å². The molecule has 2 nitrogen and oxygen atoms in total. The zero-order valence-corrected chi connectivity index (χ0v) is 16.0. The van der Waals surface area contributed by atoms with Gasteiger partial charge in [0.05, 0.1) is 0 Å². The average molecular weight is 303 g/mol. The van der Waals surface area contributed by atoms with Crippen LogP contribution in [0.25, 0.3) is 0 Å². The van der Waals surface area contributed by atoms with Gasteiger partial charge in [-0.1, -0.05) is 79.1 Å². The predicted octanol–water partition coefficient (Wildman–Crippen LogP) is 5.66. The number of methoxy groups -OCH3 is 1. The molecule has 0 aliphatic carbocycles. The third kappa shape index (κ3) is 10.9. The fourth-order valence-corrected chi connectivity index (χ4v) is 5.10. The number of ether oxygens (including phenoxy) is 1. The highest BCUT2D eigenvalue weighted by Gasteiger charge is 2.28. The largest absolute Gasteiger partial charge is 0.395 e. The molecule has 122 valence electrons. The van der Waals surface area contributed by atoms with Gasteiger partial charge in [-0.3, -0.25) is 0 Å². The topological polar surface area (TPSA) is 18.5 Å². The van der Waals surface area contributed by atoms with Crippen LogP contribution in [-0.2, 0) is 9.16 Å². The zero-order valence-electron chi connectivity index (χ0n) is 14.8. The normalized spacial score (nSPS) is 15.3. The van der Waals surface area contributed by atoms with E-state index in [0.29, 0.717) is 5.04 Å². The molecule has 0 heterocycles. The molecule has 0 aromatic rings. The van der Waals surface area contributed by atoms with Crippen LogP contribution in [0.3, 0.4) is 0 Å². The molecule has 0 amide bonds. The zero-order chi connectivity index (χ0) is 15.4. The standard InChI is InChI=1S/C17H38O2Si/c1-7-8-9-10-11-12-13-14-15-20(17(3,4)5)19-16(2)18-6/h16,20H,7-15H2,1-6H3. The summed E-state index contributed by atoms with van der Waals surface area (Å²) in [5.74, 6) is 0. The fourth-order valence-electron chi connectivity index (χ4n) is 2.46. The maximum atomic E-state index is 6.14. The maximum Gasteiger partial charge on any atom is 0.185 e. The lowest BCUT2D eigenvalue weighted by Crippen LogP contribution is -2.33. The molecule has 0 spiro atoms. The highest BCUT2D eigenvalue weighted by atomic mass is 28.3. The summed E-state index contributed by atoms with van der Waals surface area (Å²) in [5.41, 5.74) is 0. The Kier molecular flexibility index (Phi) is 11.8. The summed E-state index contributed by atoms with van der Waals surface area (Å²) < 4.78 is 11.4. The van der Waals surface area contributed by atoms with E-state index in [-0.39, 0.29) is 6.29 Å². The Hall–Kier alpha value is 0.137. The smallest absolute Gasteiger partial charge is 0.185 e. The van der Waals surface area contributed by atoms with Crippen LogP contribution in [0, 0.1) is 0 Å². The molecule has 0 aromatic carbocycles. The first-order valence-electron chi connectivity index (χ1n) is 8.60. The second-order valence-corrected chi connectivity index (χ2v) is 10.6. The minimum Gasteiger partial charge on any atom is -0.395 e. The first-order chi connectivity index (χ1) is 9.41. The lowest BCUT2D eigenvalue weighted by Gasteiger charge is -2.31. The van der Waals surface area contributed by atoms with Gasteiger partial charge >= 0.3 is 0 Å². The predicted molar refractivity (Wildman–Crippen MR) is 91.8 cm³/mol. The number of hydrogen-bond acceptors (Lipinski definition) is 2. The average Bonchev–Trinajstić information content (AvgIpc) is 2.38. The minimum absolute atomic E-state index is 0.0417. The van der Waals surface area contributed by atoms with Gasteiger partial charge < -0.3 is 9.16 Å². The maximum absolute atomic E-state index is 6.14. The molecule has 0 saturated carbocycles. The molecule has 0 radical (unpaired) electrons. The van der Waals surface area contributed by atoms with Crippen molar-refractivity contribution in [3.05, 3.63) is 0 Å². The molecule has 0 N–H and O–H groups in total. The molecule has 0 fully saturated rings. The molecule has 0 saturated heterocycles. The Balaban J connectivity index is 3.75. The molecule has 2 unspecified atom stereocenters. The van der Waals surface area contributed by atoms with Crippen molar-refractivity contribution in [2.24, 2.45) is 0 Å². The Bertz CT molecular complexity index is 214. The van der Waals surface area contributed by atoms with Crippen molar-refractivity contribution in [2.75, 3.05) is 7.11 Å². The molecule has 0 bridgehead atoms. The van der Waals surface area contributed by atoms with Gasteiger partial charge in [-0.05, 0) is 18.0 Å². The van der Waals surface area contributed by atoms with E-state index in [2.05, 4.69) is 27.7 Å². The molecule has 0 rings (SSSR count). The lowest BCUT2D eigenvalue weighted by atomic mass is 10.1. The Morgan fingerprint density at radius 1 is 0.900 bits per heavy atom. The summed E-state index contributed by atoms with van der Waals surface area (Å²) >= 11 is 0. The van der Waals surface area contributed by atoms with E-state index >= 15 is 0 Å². The van der Waals surface area contributed by atoms with E-state index in [1.807, 2.05) is 6.92 Å². The van der Waals surface area contributed by atoms with Crippen molar-refractivity contribution in [1.82, 2.24) is 0 Å². The lowest BCUT2D eigenvalue weighted by molar-refractivity contribution is -0.0440. The molecule has 3 heteroatoms. The first kappa shape index (κ1) is 20.1. The van der Waals surface area contributed by atoms with Gasteiger partial charge in [0, 0.05) is 7.11 Å².